The first-order chi connectivity index (χ1) is 10.4. The van der Waals surface area contributed by atoms with Crippen molar-refractivity contribution in [1.82, 2.24) is 4.31 Å². The highest BCUT2D eigenvalue weighted by Crippen LogP contribution is 2.32. The van der Waals surface area contributed by atoms with Crippen LogP contribution in [0.4, 0.5) is 5.69 Å². The molecular formula is C15H20N2O4S. The fourth-order valence-electron chi connectivity index (χ4n) is 3.31. The van der Waals surface area contributed by atoms with Gasteiger partial charge in [0, 0.05) is 31.7 Å². The minimum atomic E-state index is -3.59. The van der Waals surface area contributed by atoms with Crippen LogP contribution in [0.5, 0.6) is 0 Å². The summed E-state index contributed by atoms with van der Waals surface area (Å²) >= 11 is 0. The number of hydrogen-bond donors (Lipinski definition) is 1. The third-order valence-electron chi connectivity index (χ3n) is 4.47. The Kier molecular flexibility index (Phi) is 3.96. The number of nitrogens with zero attached hydrogens (tertiary/aromatic N) is 2. The molecule has 7 heteroatoms. The van der Waals surface area contributed by atoms with E-state index in [-0.39, 0.29) is 23.5 Å². The zero-order valence-electron chi connectivity index (χ0n) is 12.5. The van der Waals surface area contributed by atoms with E-state index in [9.17, 15) is 18.3 Å². The Balaban J connectivity index is 1.95. The Morgan fingerprint density at radius 3 is 2.82 bits per heavy atom. The monoisotopic (exact) mass is 324 g/mol. The van der Waals surface area contributed by atoms with Crippen LogP contribution in [0, 0.1) is 0 Å². The molecule has 0 radical (unpaired) electrons. The first-order valence-corrected chi connectivity index (χ1v) is 8.93. The van der Waals surface area contributed by atoms with Gasteiger partial charge in [-0.3, -0.25) is 4.79 Å². The molecule has 1 fully saturated rings. The number of rotatable bonds is 3. The summed E-state index contributed by atoms with van der Waals surface area (Å²) in [4.78, 5) is 13.5. The van der Waals surface area contributed by atoms with E-state index in [1.807, 2.05) is 0 Å². The summed E-state index contributed by atoms with van der Waals surface area (Å²) in [7, 11) is -3.59. The smallest absolute Gasteiger partial charge is 0.243 e. The molecule has 1 saturated heterocycles. The second kappa shape index (κ2) is 5.64. The number of sulfonamides is 1. The van der Waals surface area contributed by atoms with Gasteiger partial charge in [-0.05, 0) is 43.0 Å². The molecule has 1 N–H and O–H groups in total. The molecule has 2 heterocycles. The van der Waals surface area contributed by atoms with Crippen molar-refractivity contribution >= 4 is 21.6 Å². The topological polar surface area (TPSA) is 77.9 Å². The number of amides is 1. The molecule has 120 valence electrons. The molecule has 1 aromatic carbocycles. The zero-order chi connectivity index (χ0) is 15.9. The molecule has 2 aliphatic heterocycles. The summed E-state index contributed by atoms with van der Waals surface area (Å²) in [6.07, 6.45) is 2.13. The highest BCUT2D eigenvalue weighted by molar-refractivity contribution is 7.89. The number of carbonyl (C=O) groups is 1. The molecule has 1 aromatic rings. The van der Waals surface area contributed by atoms with Gasteiger partial charge in [-0.15, -0.1) is 0 Å². The molecule has 1 atom stereocenters. The molecule has 2 aliphatic rings. The van der Waals surface area contributed by atoms with Crippen molar-refractivity contribution in [3.05, 3.63) is 23.8 Å². The Morgan fingerprint density at radius 2 is 2.14 bits per heavy atom. The predicted octanol–water partition coefficient (Wildman–Crippen LogP) is 0.741. The lowest BCUT2D eigenvalue weighted by molar-refractivity contribution is -0.116. The number of aliphatic hydroxyl groups excluding tert-OH is 1. The van der Waals surface area contributed by atoms with Gasteiger partial charge >= 0.3 is 0 Å². The molecule has 3 rings (SSSR count). The van der Waals surface area contributed by atoms with Crippen LogP contribution in [0.3, 0.4) is 0 Å². The van der Waals surface area contributed by atoms with Crippen LogP contribution in [0.15, 0.2) is 23.1 Å². The summed E-state index contributed by atoms with van der Waals surface area (Å²) in [5.41, 5.74) is 1.68. The lowest BCUT2D eigenvalue weighted by atomic mass is 10.2. The molecule has 0 bridgehead atoms. The van der Waals surface area contributed by atoms with E-state index in [2.05, 4.69) is 0 Å². The average molecular weight is 324 g/mol. The van der Waals surface area contributed by atoms with Crippen molar-refractivity contribution in [3.8, 4) is 0 Å². The Hall–Kier alpha value is -1.44. The van der Waals surface area contributed by atoms with Gasteiger partial charge in [0.2, 0.25) is 15.9 Å². The van der Waals surface area contributed by atoms with Gasteiger partial charge in [-0.25, -0.2) is 8.42 Å². The van der Waals surface area contributed by atoms with Crippen LogP contribution in [-0.2, 0) is 21.2 Å². The van der Waals surface area contributed by atoms with Crippen LogP contribution in [0.25, 0.3) is 0 Å². The van der Waals surface area contributed by atoms with Crippen molar-refractivity contribution in [2.24, 2.45) is 0 Å². The summed E-state index contributed by atoms with van der Waals surface area (Å²) in [5.74, 6) is -0.0331. The maximum atomic E-state index is 12.8. The summed E-state index contributed by atoms with van der Waals surface area (Å²) in [5, 5.41) is 9.35. The Labute approximate surface area is 130 Å². The SMILES string of the molecule is CC(=O)N1CCc2cc(S(=O)(=O)N3CCC[C@H]3CO)ccc21. The number of anilines is 1. The molecule has 0 spiro atoms. The number of benzene rings is 1. The van der Waals surface area contributed by atoms with Gasteiger partial charge in [0.15, 0.2) is 0 Å². The summed E-state index contributed by atoms with van der Waals surface area (Å²) < 4.78 is 26.9. The first kappa shape index (κ1) is 15.5. The minimum Gasteiger partial charge on any atom is -0.395 e. The van der Waals surface area contributed by atoms with E-state index in [0.717, 1.165) is 17.7 Å². The first-order valence-electron chi connectivity index (χ1n) is 7.49. The Morgan fingerprint density at radius 1 is 1.36 bits per heavy atom. The molecule has 0 unspecified atom stereocenters. The van der Waals surface area contributed by atoms with Crippen LogP contribution in [0.2, 0.25) is 0 Å². The van der Waals surface area contributed by atoms with Gasteiger partial charge in [-0.1, -0.05) is 0 Å². The molecule has 1 amide bonds. The van der Waals surface area contributed by atoms with E-state index in [1.54, 1.807) is 23.1 Å². The lowest BCUT2D eigenvalue weighted by Crippen LogP contribution is -2.37. The quantitative estimate of drug-likeness (QED) is 0.889. The van der Waals surface area contributed by atoms with E-state index in [4.69, 9.17) is 0 Å². The summed E-state index contributed by atoms with van der Waals surface area (Å²) in [6, 6.07) is 4.61. The maximum Gasteiger partial charge on any atom is 0.243 e. The fourth-order valence-corrected chi connectivity index (χ4v) is 5.05. The molecule has 6 nitrogen and oxygen atoms in total. The van der Waals surface area contributed by atoms with Crippen LogP contribution in [-0.4, -0.2) is 49.5 Å². The van der Waals surface area contributed by atoms with Gasteiger partial charge in [-0.2, -0.15) is 4.31 Å². The van der Waals surface area contributed by atoms with E-state index in [0.29, 0.717) is 25.9 Å². The second-order valence-corrected chi connectivity index (χ2v) is 7.70. The standard InChI is InChI=1S/C15H20N2O4S/c1-11(19)16-8-6-12-9-14(4-5-15(12)16)22(20,21)17-7-2-3-13(17)10-18/h4-5,9,13,18H,2-3,6-8,10H2,1H3/t13-/m0/s1. The highest BCUT2D eigenvalue weighted by Gasteiger charge is 2.35. The normalized spacial score (nSPS) is 22.1. The molecular weight excluding hydrogens is 304 g/mol. The van der Waals surface area contributed by atoms with Crippen molar-refractivity contribution in [2.45, 2.75) is 37.1 Å². The van der Waals surface area contributed by atoms with Gasteiger partial charge in [0.05, 0.1) is 11.5 Å². The van der Waals surface area contributed by atoms with Gasteiger partial charge in [0.25, 0.3) is 0 Å². The Bertz CT molecular complexity index is 701. The summed E-state index contributed by atoms with van der Waals surface area (Å²) in [6.45, 7) is 2.40. The van der Waals surface area contributed by atoms with Crippen molar-refractivity contribution in [2.75, 3.05) is 24.6 Å². The molecule has 0 aromatic heterocycles. The van der Waals surface area contributed by atoms with Gasteiger partial charge < -0.3 is 10.0 Å². The van der Waals surface area contributed by atoms with E-state index < -0.39 is 10.0 Å². The molecule has 0 saturated carbocycles. The van der Waals surface area contributed by atoms with Crippen LogP contribution >= 0.6 is 0 Å². The fraction of sp³-hybridized carbons (Fsp3) is 0.533. The maximum absolute atomic E-state index is 12.8. The third-order valence-corrected chi connectivity index (χ3v) is 6.41. The number of aliphatic hydroxyl groups is 1. The minimum absolute atomic E-state index is 0.0331. The number of hydrogen-bond acceptors (Lipinski definition) is 4. The lowest BCUT2D eigenvalue weighted by Gasteiger charge is -2.23. The number of fused-ring (bicyclic) bond motifs is 1. The van der Waals surface area contributed by atoms with E-state index >= 15 is 0 Å². The predicted molar refractivity (Wildman–Crippen MR) is 82.2 cm³/mol. The third kappa shape index (κ3) is 2.43. The second-order valence-electron chi connectivity index (χ2n) is 5.81. The van der Waals surface area contributed by atoms with Crippen molar-refractivity contribution < 1.29 is 18.3 Å². The van der Waals surface area contributed by atoms with Crippen LogP contribution < -0.4 is 4.90 Å². The van der Waals surface area contributed by atoms with Crippen LogP contribution in [0.1, 0.15) is 25.3 Å². The average Bonchev–Trinajstić information content (AvgIpc) is 3.13. The van der Waals surface area contributed by atoms with E-state index in [1.165, 1.54) is 11.2 Å². The molecule has 22 heavy (non-hydrogen) atoms. The highest BCUT2D eigenvalue weighted by atomic mass is 32.2. The van der Waals surface area contributed by atoms with Crippen molar-refractivity contribution in [1.29, 1.82) is 0 Å². The zero-order valence-corrected chi connectivity index (χ0v) is 13.3. The largest absolute Gasteiger partial charge is 0.395 e. The molecule has 0 aliphatic carbocycles. The van der Waals surface area contributed by atoms with Crippen molar-refractivity contribution in [3.63, 3.8) is 0 Å². The van der Waals surface area contributed by atoms with Gasteiger partial charge in [0.1, 0.15) is 0 Å². The number of carbonyl (C=O) groups excluding carboxylic acids is 1.